The molecule has 0 N–H and O–H groups in total. The first-order valence-electron chi connectivity index (χ1n) is 7.42. The van der Waals surface area contributed by atoms with Crippen LogP contribution in [-0.4, -0.2) is 22.9 Å². The number of thioether (sulfide) groups is 1. The van der Waals surface area contributed by atoms with Crippen LogP contribution >= 0.6 is 23.4 Å². The Morgan fingerprint density at radius 2 is 1.83 bits per heavy atom. The quantitative estimate of drug-likeness (QED) is 0.784. The lowest BCUT2D eigenvalue weighted by atomic mass is 10.1. The van der Waals surface area contributed by atoms with E-state index in [1.807, 2.05) is 43.3 Å². The lowest BCUT2D eigenvalue weighted by molar-refractivity contribution is 0.100. The van der Waals surface area contributed by atoms with E-state index in [0.29, 0.717) is 10.6 Å². The highest BCUT2D eigenvalue weighted by molar-refractivity contribution is 8.14. The SMILES string of the molecule is Cc1ccc(C(=O)N(C2=N[C@H](C)CS2)c2ccc(Cl)cc2)cc1. The molecule has 1 atom stereocenters. The molecule has 0 spiro atoms. The van der Waals surface area contributed by atoms with Crippen molar-refractivity contribution in [2.75, 3.05) is 10.7 Å². The van der Waals surface area contributed by atoms with E-state index in [9.17, 15) is 4.79 Å². The number of nitrogens with zero attached hydrogens (tertiary/aromatic N) is 2. The van der Waals surface area contributed by atoms with Gasteiger partial charge in [0.25, 0.3) is 5.91 Å². The van der Waals surface area contributed by atoms with Gasteiger partial charge >= 0.3 is 0 Å². The summed E-state index contributed by atoms with van der Waals surface area (Å²) in [4.78, 5) is 19.3. The average Bonchev–Trinajstić information content (AvgIpc) is 2.96. The number of aliphatic imine (C=N–C) groups is 1. The first-order chi connectivity index (χ1) is 11.0. The highest BCUT2D eigenvalue weighted by Crippen LogP contribution is 2.28. The molecule has 3 nitrogen and oxygen atoms in total. The van der Waals surface area contributed by atoms with E-state index in [1.165, 1.54) is 0 Å². The molecule has 0 unspecified atom stereocenters. The van der Waals surface area contributed by atoms with E-state index in [1.54, 1.807) is 28.8 Å². The molecule has 1 aliphatic rings. The largest absolute Gasteiger partial charge is 0.268 e. The van der Waals surface area contributed by atoms with Crippen LogP contribution in [0.25, 0.3) is 0 Å². The minimum Gasteiger partial charge on any atom is -0.268 e. The van der Waals surface area contributed by atoms with Gasteiger partial charge in [0.15, 0.2) is 5.17 Å². The second-order valence-corrected chi connectivity index (χ2v) is 6.98. The Balaban J connectivity index is 2.01. The number of amides is 1. The van der Waals surface area contributed by atoms with Crippen molar-refractivity contribution in [2.24, 2.45) is 4.99 Å². The van der Waals surface area contributed by atoms with Gasteiger partial charge in [0.2, 0.25) is 0 Å². The summed E-state index contributed by atoms with van der Waals surface area (Å²) < 4.78 is 0. The third-order valence-electron chi connectivity index (χ3n) is 3.56. The van der Waals surface area contributed by atoms with Crippen LogP contribution in [0, 0.1) is 6.92 Å². The fourth-order valence-electron chi connectivity index (χ4n) is 2.31. The van der Waals surface area contributed by atoms with Gasteiger partial charge in [-0.3, -0.25) is 14.7 Å². The van der Waals surface area contributed by atoms with E-state index in [4.69, 9.17) is 11.6 Å². The zero-order valence-corrected chi connectivity index (χ0v) is 14.6. The maximum atomic E-state index is 13.0. The maximum absolute atomic E-state index is 13.0. The van der Waals surface area contributed by atoms with E-state index in [2.05, 4.69) is 11.9 Å². The van der Waals surface area contributed by atoms with Gasteiger partial charge in [-0.2, -0.15) is 0 Å². The molecule has 0 saturated heterocycles. The minimum atomic E-state index is -0.0762. The molecule has 1 amide bonds. The summed E-state index contributed by atoms with van der Waals surface area (Å²) in [5.74, 6) is 0.813. The standard InChI is InChI=1S/C18H17ClN2OS/c1-12-3-5-14(6-4-12)17(22)21(18-20-13(2)11-23-18)16-9-7-15(19)8-10-16/h3-10,13H,11H2,1-2H3/t13-/m1/s1. The molecule has 0 radical (unpaired) electrons. The van der Waals surface area contributed by atoms with E-state index < -0.39 is 0 Å². The number of benzene rings is 2. The van der Waals surface area contributed by atoms with Gasteiger partial charge in [-0.05, 0) is 50.2 Å². The zero-order valence-electron chi connectivity index (χ0n) is 13.0. The van der Waals surface area contributed by atoms with E-state index in [0.717, 1.165) is 22.2 Å². The maximum Gasteiger partial charge on any atom is 0.264 e. The second-order valence-electron chi connectivity index (χ2n) is 5.55. The average molecular weight is 345 g/mol. The first kappa shape index (κ1) is 16.1. The summed E-state index contributed by atoms with van der Waals surface area (Å²) in [6.45, 7) is 4.06. The molecule has 118 valence electrons. The van der Waals surface area contributed by atoms with Crippen molar-refractivity contribution in [3.63, 3.8) is 0 Å². The molecule has 0 aromatic heterocycles. The van der Waals surface area contributed by atoms with Crippen molar-refractivity contribution < 1.29 is 4.79 Å². The highest BCUT2D eigenvalue weighted by atomic mass is 35.5. The number of anilines is 1. The van der Waals surface area contributed by atoms with Crippen molar-refractivity contribution in [1.82, 2.24) is 0 Å². The van der Waals surface area contributed by atoms with Crippen molar-refractivity contribution in [2.45, 2.75) is 19.9 Å². The lowest BCUT2D eigenvalue weighted by Crippen LogP contribution is -2.34. The Morgan fingerprint density at radius 1 is 1.17 bits per heavy atom. The summed E-state index contributed by atoms with van der Waals surface area (Å²) in [5.41, 5.74) is 2.55. The summed E-state index contributed by atoms with van der Waals surface area (Å²) in [7, 11) is 0. The predicted molar refractivity (Wildman–Crippen MR) is 98.8 cm³/mol. The van der Waals surface area contributed by atoms with Crippen LogP contribution in [0.1, 0.15) is 22.8 Å². The molecule has 3 rings (SSSR count). The number of amidine groups is 1. The molecule has 1 aliphatic heterocycles. The van der Waals surface area contributed by atoms with Crippen molar-refractivity contribution in [1.29, 1.82) is 0 Å². The fraction of sp³-hybridized carbons (Fsp3) is 0.222. The summed E-state index contributed by atoms with van der Waals surface area (Å²) >= 11 is 7.58. The van der Waals surface area contributed by atoms with Crippen LogP contribution in [0.5, 0.6) is 0 Å². The number of carbonyl (C=O) groups excluding carboxylic acids is 1. The van der Waals surface area contributed by atoms with E-state index in [-0.39, 0.29) is 11.9 Å². The highest BCUT2D eigenvalue weighted by Gasteiger charge is 2.27. The fourth-order valence-corrected chi connectivity index (χ4v) is 3.47. The molecule has 0 fully saturated rings. The molecule has 0 saturated carbocycles. The summed E-state index contributed by atoms with van der Waals surface area (Å²) in [6, 6.07) is 15.1. The van der Waals surface area contributed by atoms with Gasteiger partial charge < -0.3 is 0 Å². The molecule has 1 heterocycles. The molecule has 2 aromatic rings. The molecular weight excluding hydrogens is 328 g/mol. The lowest BCUT2D eigenvalue weighted by Gasteiger charge is -2.22. The Kier molecular flexibility index (Phi) is 4.74. The number of aryl methyl sites for hydroxylation is 1. The Labute approximate surface area is 145 Å². The van der Waals surface area contributed by atoms with Crippen LogP contribution < -0.4 is 4.90 Å². The molecule has 0 bridgehead atoms. The van der Waals surface area contributed by atoms with Gasteiger partial charge in [-0.15, -0.1) is 0 Å². The van der Waals surface area contributed by atoms with Crippen LogP contribution in [0.15, 0.2) is 53.5 Å². The minimum absolute atomic E-state index is 0.0762. The number of carbonyl (C=O) groups is 1. The summed E-state index contributed by atoms with van der Waals surface area (Å²) in [6.07, 6.45) is 0. The predicted octanol–water partition coefficient (Wildman–Crippen LogP) is 4.79. The Morgan fingerprint density at radius 3 is 2.39 bits per heavy atom. The Hall–Kier alpha value is -1.78. The van der Waals surface area contributed by atoms with Crippen molar-refractivity contribution in [3.8, 4) is 0 Å². The second kappa shape index (κ2) is 6.77. The number of halogens is 1. The van der Waals surface area contributed by atoms with Crippen LogP contribution in [0.2, 0.25) is 5.02 Å². The van der Waals surface area contributed by atoms with Crippen molar-refractivity contribution in [3.05, 3.63) is 64.7 Å². The number of hydrogen-bond donors (Lipinski definition) is 0. The van der Waals surface area contributed by atoms with Gasteiger partial charge in [0.1, 0.15) is 0 Å². The monoisotopic (exact) mass is 344 g/mol. The summed E-state index contributed by atoms with van der Waals surface area (Å²) in [5, 5.41) is 1.39. The van der Waals surface area contributed by atoms with Gasteiger partial charge in [-0.1, -0.05) is 41.1 Å². The van der Waals surface area contributed by atoms with Gasteiger partial charge in [0.05, 0.1) is 11.7 Å². The Bertz CT molecular complexity index is 741. The van der Waals surface area contributed by atoms with Gasteiger partial charge in [-0.25, -0.2) is 0 Å². The molecule has 0 aliphatic carbocycles. The van der Waals surface area contributed by atoms with Crippen LogP contribution in [-0.2, 0) is 0 Å². The van der Waals surface area contributed by atoms with E-state index >= 15 is 0 Å². The van der Waals surface area contributed by atoms with Crippen LogP contribution in [0.3, 0.4) is 0 Å². The molecule has 23 heavy (non-hydrogen) atoms. The topological polar surface area (TPSA) is 32.7 Å². The third kappa shape index (κ3) is 3.59. The van der Waals surface area contributed by atoms with Gasteiger partial charge in [0, 0.05) is 16.3 Å². The first-order valence-corrected chi connectivity index (χ1v) is 8.78. The third-order valence-corrected chi connectivity index (χ3v) is 5.01. The molecule has 2 aromatic carbocycles. The smallest absolute Gasteiger partial charge is 0.264 e. The number of rotatable bonds is 2. The van der Waals surface area contributed by atoms with Crippen LogP contribution in [0.4, 0.5) is 5.69 Å². The normalized spacial score (nSPS) is 17.0. The number of hydrogen-bond acceptors (Lipinski definition) is 3. The van der Waals surface area contributed by atoms with Crippen molar-refractivity contribution >= 4 is 40.1 Å². The molecule has 5 heteroatoms. The zero-order chi connectivity index (χ0) is 16.4. The molecular formula is C18H17ClN2OS.